The molecule has 1 unspecified atom stereocenters. The Morgan fingerprint density at radius 2 is 2.50 bits per heavy atom. The van der Waals surface area contributed by atoms with Crippen molar-refractivity contribution in [3.63, 3.8) is 0 Å². The molecule has 1 rings (SSSR count). The quantitative estimate of drug-likeness (QED) is 0.560. The van der Waals surface area contributed by atoms with E-state index in [0.717, 1.165) is 16.4 Å². The Hall–Kier alpha value is 0.110. The van der Waals surface area contributed by atoms with Gasteiger partial charge < -0.3 is 0 Å². The Balaban J connectivity index is 2.66. The van der Waals surface area contributed by atoms with Crippen LogP contribution in [0.4, 0.5) is 0 Å². The average molecular weight is 175 g/mol. The van der Waals surface area contributed by atoms with Crippen LogP contribution in [0.2, 0.25) is 0 Å². The van der Waals surface area contributed by atoms with E-state index in [1.54, 1.807) is 17.8 Å². The van der Waals surface area contributed by atoms with Gasteiger partial charge in [-0.05, 0) is 17.9 Å². The Morgan fingerprint density at radius 3 is 3.30 bits per heavy atom. The molecule has 0 aromatic carbocycles. The third-order valence-corrected chi connectivity index (χ3v) is 3.15. The van der Waals surface area contributed by atoms with E-state index in [2.05, 4.69) is 0 Å². The lowest BCUT2D eigenvalue weighted by atomic mass is 10.4. The highest BCUT2D eigenvalue weighted by Crippen LogP contribution is 2.19. The van der Waals surface area contributed by atoms with Crippen molar-refractivity contribution < 1.29 is 6.17 Å². The molecule has 0 aromatic heterocycles. The second-order valence-electron chi connectivity index (χ2n) is 1.99. The number of allylic oxidation sites excluding steroid dienone is 2. The van der Waals surface area contributed by atoms with Crippen LogP contribution in [0.3, 0.4) is 0 Å². The lowest BCUT2D eigenvalue weighted by Gasteiger charge is -2.04. The minimum absolute atomic E-state index is 0.0697. The van der Waals surface area contributed by atoms with Crippen molar-refractivity contribution in [2.24, 2.45) is 0 Å². The summed E-state index contributed by atoms with van der Waals surface area (Å²) >= 11 is 3.11. The maximum Gasteiger partial charge on any atom is 0.166 e. The molecule has 0 radical (unpaired) electrons. The van der Waals surface area contributed by atoms with Gasteiger partial charge in [-0.2, -0.15) is 11.8 Å². The van der Waals surface area contributed by atoms with Gasteiger partial charge >= 0.3 is 0 Å². The van der Waals surface area contributed by atoms with Crippen molar-refractivity contribution in [1.82, 2.24) is 0 Å². The summed E-state index contributed by atoms with van der Waals surface area (Å²) in [4.78, 5) is 12.1. The number of hydrogen-bond donors (Lipinski definition) is 0. The van der Waals surface area contributed by atoms with Crippen molar-refractivity contribution in [3.05, 3.63) is 11.0 Å². The molecule has 0 spiro atoms. The second-order valence-corrected chi connectivity index (χ2v) is 4.31. The summed E-state index contributed by atoms with van der Waals surface area (Å²) in [6.07, 6.45) is 1.58. The summed E-state index contributed by atoms with van der Waals surface area (Å²) in [5, 5.41) is 0. The first-order valence-corrected chi connectivity index (χ1v) is 5.12. The molecular weight excluding hydrogens is 164 g/mol. The van der Waals surface area contributed by atoms with Crippen LogP contribution in [0, 0.1) is 0 Å². The molecule has 0 N–H and O–H groups in total. The third-order valence-electron chi connectivity index (χ3n) is 1.08. The molecule has 0 saturated heterocycles. The van der Waals surface area contributed by atoms with Crippen LogP contribution in [0.15, 0.2) is 11.0 Å². The van der Waals surface area contributed by atoms with Gasteiger partial charge in [-0.15, -0.1) is 11.8 Å². The molecule has 1 nitrogen and oxygen atoms in total. The van der Waals surface area contributed by atoms with Crippen LogP contribution < -0.4 is 0 Å². The second kappa shape index (κ2) is 4.09. The number of hydrogen-bond acceptors (Lipinski definition) is 3. The highest BCUT2D eigenvalue weighted by atomic mass is 32.2. The maximum atomic E-state index is 11.1. The average Bonchev–Trinajstić information content (AvgIpc) is 1.95. The van der Waals surface area contributed by atoms with Crippen LogP contribution in [0.5, 0.6) is 0 Å². The molecule has 0 saturated carbocycles. The van der Waals surface area contributed by atoms with Crippen LogP contribution in [0.1, 0.15) is 8.29 Å². The number of carbonyl (C=O) groups excluding carboxylic acids is 1. The summed E-state index contributed by atoms with van der Waals surface area (Å²) in [7, 11) is 0. The Labute approximate surface area is 71.0 Å². The lowest BCUT2D eigenvalue weighted by molar-refractivity contribution is -0.112. The van der Waals surface area contributed by atoms with Crippen LogP contribution in [-0.4, -0.2) is 23.0 Å². The Bertz CT molecular complexity index is 191. The summed E-state index contributed by atoms with van der Waals surface area (Å²) in [5.41, 5.74) is -0.592. The molecule has 0 aromatic rings. The van der Waals surface area contributed by atoms with E-state index in [1.807, 2.05) is 6.92 Å². The summed E-state index contributed by atoms with van der Waals surface area (Å²) < 4.78 is 7.36. The molecule has 1 aliphatic rings. The first-order valence-electron chi connectivity index (χ1n) is 3.66. The molecule has 1 heterocycles. The molecule has 1 aliphatic heterocycles. The minimum atomic E-state index is -0.592. The van der Waals surface area contributed by atoms with E-state index in [-0.39, 0.29) is 5.78 Å². The van der Waals surface area contributed by atoms with Crippen molar-refractivity contribution in [2.45, 2.75) is 6.92 Å². The molecule has 0 aliphatic carbocycles. The molecule has 0 bridgehead atoms. The van der Waals surface area contributed by atoms with Gasteiger partial charge in [0.2, 0.25) is 0 Å². The van der Waals surface area contributed by atoms with Crippen molar-refractivity contribution in [3.8, 4) is 0 Å². The number of thioether (sulfide) groups is 2. The van der Waals surface area contributed by atoms with Crippen molar-refractivity contribution in [1.29, 1.82) is 0 Å². The van der Waals surface area contributed by atoms with Gasteiger partial charge in [0.25, 0.3) is 0 Å². The molecular formula is C7H10OS2. The fourth-order valence-electron chi connectivity index (χ4n) is 0.668. The van der Waals surface area contributed by atoms with Crippen LogP contribution >= 0.6 is 23.5 Å². The molecule has 10 heavy (non-hydrogen) atoms. The Kier molecular flexibility index (Phi) is 2.78. The predicted molar refractivity (Wildman–Crippen MR) is 48.5 cm³/mol. The fraction of sp³-hybridized carbons (Fsp3) is 0.571. The van der Waals surface area contributed by atoms with Gasteiger partial charge in [0, 0.05) is 12.9 Å². The van der Waals surface area contributed by atoms with Crippen LogP contribution in [-0.2, 0) is 4.79 Å². The topological polar surface area (TPSA) is 17.1 Å². The fourth-order valence-corrected chi connectivity index (χ4v) is 2.26. The monoisotopic (exact) mass is 175 g/mol. The van der Waals surface area contributed by atoms with Gasteiger partial charge in [0.05, 0.1) is 5.73 Å². The molecule has 3 heteroatoms. The van der Waals surface area contributed by atoms with Gasteiger partial charge in [-0.1, -0.05) is 0 Å². The van der Waals surface area contributed by atoms with Gasteiger partial charge in [0.15, 0.2) is 5.78 Å². The maximum absolute atomic E-state index is 11.1. The largest absolute Gasteiger partial charge is 0.294 e. The molecule has 0 amide bonds. The van der Waals surface area contributed by atoms with E-state index in [4.69, 9.17) is 1.37 Å². The van der Waals surface area contributed by atoms with Crippen molar-refractivity contribution in [2.75, 3.05) is 17.2 Å². The summed E-state index contributed by atoms with van der Waals surface area (Å²) in [6.45, 7) is 1.92. The number of rotatable bonds is 0. The predicted octanol–water partition coefficient (Wildman–Crippen LogP) is 1.94. The first-order chi connectivity index (χ1) is 5.20. The Morgan fingerprint density at radius 1 is 1.70 bits per heavy atom. The van der Waals surface area contributed by atoms with Gasteiger partial charge in [-0.25, -0.2) is 0 Å². The van der Waals surface area contributed by atoms with E-state index < -0.39 is 5.73 Å². The molecule has 0 fully saturated rings. The molecule has 1 atom stereocenters. The third kappa shape index (κ3) is 2.80. The normalized spacial score (nSPS) is 35.3. The highest BCUT2D eigenvalue weighted by molar-refractivity contribution is 8.05. The summed E-state index contributed by atoms with van der Waals surface area (Å²) in [6, 6.07) is 0. The number of ketones is 1. The number of carbonyl (C=O) groups is 1. The SMILES string of the molecule is [2H]C1SCCS/C(C)=C/C1=O. The zero-order valence-electron chi connectivity index (χ0n) is 6.79. The van der Waals surface area contributed by atoms with E-state index in [9.17, 15) is 4.79 Å². The smallest absolute Gasteiger partial charge is 0.166 e. The van der Waals surface area contributed by atoms with Crippen LogP contribution in [0.25, 0.3) is 0 Å². The zero-order valence-corrected chi connectivity index (χ0v) is 7.43. The first kappa shape index (κ1) is 6.80. The molecule has 56 valence electrons. The van der Waals surface area contributed by atoms with Crippen molar-refractivity contribution >= 4 is 29.3 Å². The standard InChI is InChI=1S/C7H10OS2/c1-6-4-7(8)5-9-2-3-10-6/h4H,2-3,5H2,1H3/b6-4+/i5D. The van der Waals surface area contributed by atoms with E-state index in [0.29, 0.717) is 0 Å². The van der Waals surface area contributed by atoms with Gasteiger partial charge in [-0.3, -0.25) is 4.79 Å². The van der Waals surface area contributed by atoms with E-state index in [1.165, 1.54) is 11.8 Å². The van der Waals surface area contributed by atoms with E-state index >= 15 is 0 Å². The zero-order chi connectivity index (χ0) is 8.27. The van der Waals surface area contributed by atoms with Gasteiger partial charge in [0.1, 0.15) is 0 Å². The minimum Gasteiger partial charge on any atom is -0.294 e. The highest BCUT2D eigenvalue weighted by Gasteiger charge is 2.03. The lowest BCUT2D eigenvalue weighted by Crippen LogP contribution is -2.02. The summed E-state index contributed by atoms with van der Waals surface area (Å²) in [5.74, 6) is 1.84.